The van der Waals surface area contributed by atoms with E-state index in [4.69, 9.17) is 14.2 Å². The van der Waals surface area contributed by atoms with Gasteiger partial charge in [-0.05, 0) is 30.7 Å². The van der Waals surface area contributed by atoms with Gasteiger partial charge in [-0.3, -0.25) is 4.79 Å². The molecule has 35 heavy (non-hydrogen) atoms. The third kappa shape index (κ3) is 4.99. The smallest absolute Gasteiger partial charge is 0.270 e. The van der Waals surface area contributed by atoms with Crippen LogP contribution in [0.3, 0.4) is 0 Å². The van der Waals surface area contributed by atoms with Gasteiger partial charge in [0.25, 0.3) is 5.91 Å². The van der Waals surface area contributed by atoms with Crippen LogP contribution in [0.2, 0.25) is 0 Å². The minimum Gasteiger partial charge on any atom is -0.494 e. The number of aryl methyl sites for hydroxylation is 1. The molecule has 11 nitrogen and oxygen atoms in total. The Hall–Kier alpha value is -3.48. The van der Waals surface area contributed by atoms with Gasteiger partial charge in [0.1, 0.15) is 35.2 Å². The van der Waals surface area contributed by atoms with Crippen LogP contribution in [0, 0.1) is 12.7 Å². The highest BCUT2D eigenvalue weighted by Crippen LogP contribution is 2.42. The van der Waals surface area contributed by atoms with E-state index in [1.807, 2.05) is 0 Å². The third-order valence-corrected chi connectivity index (χ3v) is 6.00. The van der Waals surface area contributed by atoms with E-state index in [1.165, 1.54) is 25.3 Å². The highest BCUT2D eigenvalue weighted by atomic mass is 19.1. The Balaban J connectivity index is 1.23. The first-order valence-corrected chi connectivity index (χ1v) is 11.1. The highest BCUT2D eigenvalue weighted by molar-refractivity contribution is 5.93. The largest absolute Gasteiger partial charge is 0.494 e. The molecule has 0 radical (unpaired) electrons. The van der Waals surface area contributed by atoms with Crippen molar-refractivity contribution >= 4 is 5.91 Å². The molecule has 1 aliphatic heterocycles. The van der Waals surface area contributed by atoms with Crippen molar-refractivity contribution in [2.75, 3.05) is 20.3 Å². The predicted octanol–water partition coefficient (Wildman–Crippen LogP) is 1.04. The number of hydrogen-bond donors (Lipinski definition) is 2. The zero-order valence-corrected chi connectivity index (χ0v) is 19.3. The van der Waals surface area contributed by atoms with Gasteiger partial charge in [0, 0.05) is 13.0 Å². The van der Waals surface area contributed by atoms with E-state index in [9.17, 15) is 14.3 Å². The average molecular weight is 484 g/mol. The molecule has 1 amide bonds. The molecule has 1 aliphatic carbocycles. The minimum atomic E-state index is -0.526. The highest BCUT2D eigenvalue weighted by Gasteiger charge is 2.57. The number of benzene rings is 1. The van der Waals surface area contributed by atoms with Crippen molar-refractivity contribution < 1.29 is 28.5 Å². The van der Waals surface area contributed by atoms with Crippen LogP contribution in [0.1, 0.15) is 28.3 Å². The molecule has 2 aromatic heterocycles. The molecule has 2 N–H and O–H groups in total. The van der Waals surface area contributed by atoms with Crippen molar-refractivity contribution in [1.29, 1.82) is 0 Å². The second-order valence-corrected chi connectivity index (χ2v) is 8.66. The van der Waals surface area contributed by atoms with Crippen LogP contribution in [-0.4, -0.2) is 73.9 Å². The second kappa shape index (κ2) is 9.29. The van der Waals surface area contributed by atoms with Crippen LogP contribution in [0.15, 0.2) is 30.6 Å². The Kier molecular flexibility index (Phi) is 6.17. The maximum absolute atomic E-state index is 13.6. The summed E-state index contributed by atoms with van der Waals surface area (Å²) in [6.07, 6.45) is 1.51. The van der Waals surface area contributed by atoms with Crippen molar-refractivity contribution in [3.63, 3.8) is 0 Å². The first-order chi connectivity index (χ1) is 16.8. The predicted molar refractivity (Wildman–Crippen MR) is 119 cm³/mol. The van der Waals surface area contributed by atoms with Gasteiger partial charge < -0.3 is 24.6 Å². The lowest BCUT2D eigenvalue weighted by Crippen LogP contribution is -2.41. The molecule has 184 valence electrons. The molecule has 1 saturated heterocycles. The number of carbonyl (C=O) groups excluding carboxylic acids is 1. The van der Waals surface area contributed by atoms with Gasteiger partial charge in [-0.1, -0.05) is 6.07 Å². The molecule has 3 aromatic rings. The van der Waals surface area contributed by atoms with E-state index in [1.54, 1.807) is 24.0 Å². The normalized spacial score (nSPS) is 23.3. The minimum absolute atomic E-state index is 0.105. The van der Waals surface area contributed by atoms with Gasteiger partial charge >= 0.3 is 0 Å². The van der Waals surface area contributed by atoms with Crippen molar-refractivity contribution in [2.24, 2.45) is 0 Å². The summed E-state index contributed by atoms with van der Waals surface area (Å²) in [5.41, 5.74) is 0.724. The van der Waals surface area contributed by atoms with Crippen LogP contribution >= 0.6 is 0 Å². The molecular weight excluding hydrogens is 459 g/mol. The zero-order chi connectivity index (χ0) is 24.6. The fourth-order valence-electron chi connectivity index (χ4n) is 3.89. The van der Waals surface area contributed by atoms with E-state index >= 15 is 0 Å². The topological polar surface area (TPSA) is 134 Å². The Morgan fingerprint density at radius 3 is 2.91 bits per heavy atom. The Morgan fingerprint density at radius 1 is 1.37 bits per heavy atom. The molecule has 5 rings (SSSR count). The number of aliphatic hydroxyl groups is 1. The van der Waals surface area contributed by atoms with Crippen molar-refractivity contribution in [3.8, 4) is 17.3 Å². The number of halogens is 1. The van der Waals surface area contributed by atoms with Crippen LogP contribution in [0.5, 0.6) is 5.75 Å². The van der Waals surface area contributed by atoms with Crippen LogP contribution in [0.4, 0.5) is 4.39 Å². The molecular formula is C23H25FN6O5. The number of rotatable bonds is 7. The van der Waals surface area contributed by atoms with Gasteiger partial charge in [0.2, 0.25) is 0 Å². The second-order valence-electron chi connectivity index (χ2n) is 8.66. The summed E-state index contributed by atoms with van der Waals surface area (Å²) in [6.45, 7) is 3.00. The van der Waals surface area contributed by atoms with Crippen molar-refractivity contribution in [2.45, 2.75) is 44.2 Å². The SMILES string of the molecule is COc1cc(CNC(=O)c2cc(-c3ncn(C[C@@H]4COC5(CO4)CC5O)n3)nc(C)n2)ccc1F. The molecule has 2 fully saturated rings. The zero-order valence-electron chi connectivity index (χ0n) is 19.3. The summed E-state index contributed by atoms with van der Waals surface area (Å²) in [5, 5.41) is 16.9. The molecule has 3 atom stereocenters. The average Bonchev–Trinajstić information content (AvgIpc) is 3.24. The number of hydrogen-bond acceptors (Lipinski definition) is 9. The fourth-order valence-corrected chi connectivity index (χ4v) is 3.89. The van der Waals surface area contributed by atoms with Gasteiger partial charge in [-0.25, -0.2) is 24.0 Å². The van der Waals surface area contributed by atoms with E-state index in [0.717, 1.165) is 0 Å². The van der Waals surface area contributed by atoms with E-state index in [2.05, 4.69) is 25.4 Å². The third-order valence-electron chi connectivity index (χ3n) is 6.00. The molecule has 3 heterocycles. The standard InChI is InChI=1S/C23H25FN6O5/c1-13-27-17(6-18(28-13)22(32)25-8-14-3-4-16(24)19(5-14)33-2)21-26-12-30(29-21)9-15-10-35-23(11-34-15)7-20(23)31/h3-6,12,15,20,31H,7-11H2,1-2H3,(H,25,32)/t15-,20?,23?/m1/s1. The summed E-state index contributed by atoms with van der Waals surface area (Å²) < 4.78 is 31.8. The molecule has 0 bridgehead atoms. The maximum Gasteiger partial charge on any atom is 0.270 e. The lowest BCUT2D eigenvalue weighted by molar-refractivity contribution is -0.162. The van der Waals surface area contributed by atoms with Gasteiger partial charge in [0.15, 0.2) is 17.4 Å². The Morgan fingerprint density at radius 2 is 2.20 bits per heavy atom. The molecule has 1 spiro atoms. The van der Waals surface area contributed by atoms with E-state index in [-0.39, 0.29) is 24.1 Å². The number of carbonyl (C=O) groups is 1. The lowest BCUT2D eigenvalue weighted by Gasteiger charge is -2.29. The van der Waals surface area contributed by atoms with Gasteiger partial charge in [-0.2, -0.15) is 0 Å². The first-order valence-electron chi connectivity index (χ1n) is 11.1. The van der Waals surface area contributed by atoms with Gasteiger partial charge in [0.05, 0.1) is 33.0 Å². The van der Waals surface area contributed by atoms with Crippen LogP contribution in [0.25, 0.3) is 11.5 Å². The summed E-state index contributed by atoms with van der Waals surface area (Å²) in [4.78, 5) is 25.6. The number of nitrogens with one attached hydrogen (secondary N) is 1. The van der Waals surface area contributed by atoms with Crippen LogP contribution < -0.4 is 10.1 Å². The molecule has 1 saturated carbocycles. The summed E-state index contributed by atoms with van der Waals surface area (Å²) in [6, 6.07) is 5.90. The summed E-state index contributed by atoms with van der Waals surface area (Å²) in [5.74, 6) is -0.0426. The quantitative estimate of drug-likeness (QED) is 0.505. The maximum atomic E-state index is 13.6. The van der Waals surface area contributed by atoms with Crippen molar-refractivity contribution in [3.05, 3.63) is 53.5 Å². The molecule has 2 unspecified atom stereocenters. The van der Waals surface area contributed by atoms with E-state index in [0.29, 0.717) is 49.1 Å². The number of methoxy groups -OCH3 is 1. The number of nitrogens with zero attached hydrogens (tertiary/aromatic N) is 5. The van der Waals surface area contributed by atoms with Gasteiger partial charge in [-0.15, -0.1) is 5.10 Å². The number of ether oxygens (including phenoxy) is 3. The Bertz CT molecular complexity index is 1240. The number of amides is 1. The molecule has 1 aromatic carbocycles. The first kappa shape index (κ1) is 23.3. The van der Waals surface area contributed by atoms with E-state index < -0.39 is 23.4 Å². The lowest BCUT2D eigenvalue weighted by atomic mass is 10.2. The van der Waals surface area contributed by atoms with Crippen LogP contribution in [-0.2, 0) is 22.6 Å². The van der Waals surface area contributed by atoms with Crippen molar-refractivity contribution in [1.82, 2.24) is 30.0 Å². The summed E-state index contributed by atoms with van der Waals surface area (Å²) >= 11 is 0. The summed E-state index contributed by atoms with van der Waals surface area (Å²) in [7, 11) is 1.38. The molecule has 12 heteroatoms. The monoisotopic (exact) mass is 484 g/mol. The number of aromatic nitrogens is 5. The number of aliphatic hydroxyl groups excluding tert-OH is 1. The molecule has 2 aliphatic rings. The Labute approximate surface area is 200 Å². The fraction of sp³-hybridized carbons (Fsp3) is 0.435.